The van der Waals surface area contributed by atoms with Crippen LogP contribution in [-0.4, -0.2) is 50.8 Å². The van der Waals surface area contributed by atoms with Crippen molar-refractivity contribution in [1.82, 2.24) is 15.5 Å². The Hall–Kier alpha value is -1.60. The molecule has 0 aliphatic carbocycles. The minimum Gasteiger partial charge on any atom is -0.490 e. The number of nitrogens with zero attached hydrogens (tertiary/aromatic N) is 1. The molecule has 1 aliphatic heterocycles. The summed E-state index contributed by atoms with van der Waals surface area (Å²) in [6, 6.07) is 14.4. The van der Waals surface area contributed by atoms with Gasteiger partial charge in [-0.2, -0.15) is 0 Å². The van der Waals surface area contributed by atoms with Crippen molar-refractivity contribution in [3.63, 3.8) is 0 Å². The number of benzene rings is 2. The van der Waals surface area contributed by atoms with E-state index >= 15 is 0 Å². The van der Waals surface area contributed by atoms with Gasteiger partial charge >= 0.3 is 0 Å². The first-order chi connectivity index (χ1) is 13.8. The average Bonchev–Trinajstić information content (AvgIpc) is 2.72. The van der Waals surface area contributed by atoms with Gasteiger partial charge in [-0.1, -0.05) is 30.3 Å². The van der Waals surface area contributed by atoms with Crippen molar-refractivity contribution in [2.75, 3.05) is 45.9 Å². The highest BCUT2D eigenvalue weighted by Gasteiger charge is 2.13. The maximum absolute atomic E-state index is 6.06. The van der Waals surface area contributed by atoms with Gasteiger partial charge < -0.3 is 20.1 Å². The highest BCUT2D eigenvalue weighted by molar-refractivity contribution is 9.10. The third-order valence-corrected chi connectivity index (χ3v) is 5.33. The van der Waals surface area contributed by atoms with Crippen LogP contribution in [0.15, 0.2) is 46.9 Å². The van der Waals surface area contributed by atoms with E-state index in [-0.39, 0.29) is 0 Å². The number of halogens is 1. The summed E-state index contributed by atoms with van der Waals surface area (Å²) in [5.74, 6) is 1.54. The normalized spacial score (nSPS) is 14.8. The number of ether oxygens (including phenoxy) is 2. The zero-order valence-electron chi connectivity index (χ0n) is 16.5. The van der Waals surface area contributed by atoms with Crippen LogP contribution in [0, 0.1) is 0 Å². The van der Waals surface area contributed by atoms with Crippen molar-refractivity contribution in [3.05, 3.63) is 58.1 Å². The fraction of sp³-hybridized carbons (Fsp3) is 0.455. The fourth-order valence-electron chi connectivity index (χ4n) is 3.26. The zero-order valence-corrected chi connectivity index (χ0v) is 18.1. The molecule has 0 radical (unpaired) electrons. The van der Waals surface area contributed by atoms with Crippen molar-refractivity contribution in [2.24, 2.45) is 0 Å². The molecule has 152 valence electrons. The van der Waals surface area contributed by atoms with Crippen LogP contribution in [0.5, 0.6) is 11.5 Å². The van der Waals surface area contributed by atoms with E-state index in [4.69, 9.17) is 9.47 Å². The summed E-state index contributed by atoms with van der Waals surface area (Å²) in [5.41, 5.74) is 2.32. The highest BCUT2D eigenvalue weighted by Crippen LogP contribution is 2.37. The molecule has 0 amide bonds. The van der Waals surface area contributed by atoms with Crippen LogP contribution >= 0.6 is 15.9 Å². The monoisotopic (exact) mass is 447 g/mol. The van der Waals surface area contributed by atoms with Gasteiger partial charge in [0.15, 0.2) is 11.5 Å². The van der Waals surface area contributed by atoms with E-state index in [0.717, 1.165) is 67.3 Å². The summed E-state index contributed by atoms with van der Waals surface area (Å²) < 4.78 is 12.8. The molecule has 1 saturated heterocycles. The second kappa shape index (κ2) is 11.4. The van der Waals surface area contributed by atoms with Crippen LogP contribution < -0.4 is 20.1 Å². The minimum atomic E-state index is 0.516. The number of piperazine rings is 1. The van der Waals surface area contributed by atoms with Crippen molar-refractivity contribution in [1.29, 1.82) is 0 Å². The van der Waals surface area contributed by atoms with Crippen LogP contribution in [0.25, 0.3) is 0 Å². The summed E-state index contributed by atoms with van der Waals surface area (Å²) in [4.78, 5) is 2.49. The largest absolute Gasteiger partial charge is 0.490 e. The van der Waals surface area contributed by atoms with Gasteiger partial charge in [0.25, 0.3) is 0 Å². The van der Waals surface area contributed by atoms with Crippen LogP contribution in [0.1, 0.15) is 18.1 Å². The van der Waals surface area contributed by atoms with E-state index in [1.165, 1.54) is 5.56 Å². The van der Waals surface area contributed by atoms with Gasteiger partial charge in [0, 0.05) is 45.8 Å². The van der Waals surface area contributed by atoms with E-state index < -0.39 is 0 Å². The first kappa shape index (κ1) is 21.1. The molecule has 0 unspecified atom stereocenters. The molecule has 28 heavy (non-hydrogen) atoms. The Labute approximate surface area is 176 Å². The quantitative estimate of drug-likeness (QED) is 0.546. The molecule has 1 heterocycles. The molecule has 2 aromatic carbocycles. The average molecular weight is 448 g/mol. The zero-order chi connectivity index (χ0) is 19.6. The van der Waals surface area contributed by atoms with E-state index in [2.05, 4.69) is 55.7 Å². The number of rotatable bonds is 10. The molecule has 0 aromatic heterocycles. The number of hydrogen-bond acceptors (Lipinski definition) is 5. The standard InChI is InChI=1S/C22H30BrN3O2/c1-2-27-21-15-19(16-25-10-13-26-11-8-24-9-12-26)14-20(23)22(21)28-17-18-6-4-3-5-7-18/h3-7,14-15,24-25H,2,8-13,16-17H2,1H3. The van der Waals surface area contributed by atoms with Crippen LogP contribution in [0.4, 0.5) is 0 Å². The van der Waals surface area contributed by atoms with Gasteiger partial charge in [-0.3, -0.25) is 4.90 Å². The predicted octanol–water partition coefficient (Wildman–Crippen LogP) is 3.42. The number of nitrogens with one attached hydrogen (secondary N) is 2. The van der Waals surface area contributed by atoms with Gasteiger partial charge in [-0.25, -0.2) is 0 Å². The van der Waals surface area contributed by atoms with Crippen LogP contribution in [0.3, 0.4) is 0 Å². The van der Waals surface area contributed by atoms with E-state index in [0.29, 0.717) is 13.2 Å². The van der Waals surface area contributed by atoms with Crippen molar-refractivity contribution in [2.45, 2.75) is 20.1 Å². The minimum absolute atomic E-state index is 0.516. The molecule has 0 bridgehead atoms. The van der Waals surface area contributed by atoms with Gasteiger partial charge in [0.1, 0.15) is 6.61 Å². The Morgan fingerprint density at radius 2 is 1.86 bits per heavy atom. The fourth-order valence-corrected chi connectivity index (χ4v) is 3.86. The van der Waals surface area contributed by atoms with Gasteiger partial charge in [0.2, 0.25) is 0 Å². The van der Waals surface area contributed by atoms with Gasteiger partial charge in [-0.15, -0.1) is 0 Å². The Bertz CT molecular complexity index is 721. The Morgan fingerprint density at radius 3 is 2.61 bits per heavy atom. The lowest BCUT2D eigenvalue weighted by Gasteiger charge is -2.27. The second-order valence-electron chi connectivity index (χ2n) is 6.88. The SMILES string of the molecule is CCOc1cc(CNCCN2CCNCC2)cc(Br)c1OCc1ccccc1. The number of hydrogen-bond donors (Lipinski definition) is 2. The molecule has 2 N–H and O–H groups in total. The molecule has 0 atom stereocenters. The molecule has 0 spiro atoms. The third-order valence-electron chi connectivity index (χ3n) is 4.74. The van der Waals surface area contributed by atoms with Gasteiger partial charge in [0.05, 0.1) is 11.1 Å². The Morgan fingerprint density at radius 1 is 1.07 bits per heavy atom. The second-order valence-corrected chi connectivity index (χ2v) is 7.73. The Balaban J connectivity index is 1.56. The summed E-state index contributed by atoms with van der Waals surface area (Å²) >= 11 is 3.67. The van der Waals surface area contributed by atoms with Crippen LogP contribution in [0.2, 0.25) is 0 Å². The maximum Gasteiger partial charge on any atom is 0.175 e. The molecule has 1 aliphatic rings. The molecule has 0 saturated carbocycles. The van der Waals surface area contributed by atoms with Crippen molar-refractivity contribution >= 4 is 15.9 Å². The molecule has 1 fully saturated rings. The lowest BCUT2D eigenvalue weighted by Crippen LogP contribution is -2.45. The molecule has 6 heteroatoms. The van der Waals surface area contributed by atoms with E-state index in [1.54, 1.807) is 0 Å². The smallest absolute Gasteiger partial charge is 0.175 e. The molecule has 3 rings (SSSR count). The van der Waals surface area contributed by atoms with Crippen molar-refractivity contribution in [3.8, 4) is 11.5 Å². The van der Waals surface area contributed by atoms with Gasteiger partial charge in [-0.05, 0) is 46.1 Å². The maximum atomic E-state index is 6.06. The topological polar surface area (TPSA) is 45.8 Å². The summed E-state index contributed by atoms with van der Waals surface area (Å²) in [6.45, 7) is 10.4. The first-order valence-corrected chi connectivity index (χ1v) is 10.8. The summed E-state index contributed by atoms with van der Waals surface area (Å²) in [6.07, 6.45) is 0. The molecule has 5 nitrogen and oxygen atoms in total. The summed E-state index contributed by atoms with van der Waals surface area (Å²) in [5, 5.41) is 6.93. The Kier molecular flexibility index (Phi) is 8.61. The van der Waals surface area contributed by atoms with E-state index in [1.807, 2.05) is 25.1 Å². The third kappa shape index (κ3) is 6.48. The highest BCUT2D eigenvalue weighted by atomic mass is 79.9. The molecule has 2 aromatic rings. The molecular weight excluding hydrogens is 418 g/mol. The lowest BCUT2D eigenvalue weighted by molar-refractivity contribution is 0.241. The summed E-state index contributed by atoms with van der Waals surface area (Å²) in [7, 11) is 0. The predicted molar refractivity (Wildman–Crippen MR) is 117 cm³/mol. The first-order valence-electron chi connectivity index (χ1n) is 10.0. The lowest BCUT2D eigenvalue weighted by atomic mass is 10.2. The molecular formula is C22H30BrN3O2. The van der Waals surface area contributed by atoms with Crippen LogP contribution in [-0.2, 0) is 13.2 Å². The van der Waals surface area contributed by atoms with E-state index in [9.17, 15) is 0 Å². The van der Waals surface area contributed by atoms with Crippen molar-refractivity contribution < 1.29 is 9.47 Å².